The normalized spacial score (nSPS) is 11.4. The van der Waals surface area contributed by atoms with Crippen molar-refractivity contribution in [3.05, 3.63) is 12.2 Å². The lowest BCUT2D eigenvalue weighted by Gasteiger charge is -2.06. The largest absolute Gasteiger partial charge is 0.411 e. The average molecular weight is 210 g/mol. The Balaban J connectivity index is 3.50. The van der Waals surface area contributed by atoms with Gasteiger partial charge in [0.2, 0.25) is 0 Å². The molecular weight excluding hydrogens is 197 g/mol. The maximum atomic E-state index is 11.6. The molecule has 5 heteroatoms. The maximum Gasteiger partial charge on any atom is 0.411 e. The zero-order valence-electron chi connectivity index (χ0n) is 7.99. The molecule has 2 nitrogen and oxygen atoms in total. The monoisotopic (exact) mass is 210 g/mol. The standard InChI is InChI=1S/C9H13F3O2/c1-7(2)3-4-8(13)5-14-6-9(10,11)12/h1,3-6H2,2H3. The highest BCUT2D eigenvalue weighted by Crippen LogP contribution is 2.14. The van der Waals surface area contributed by atoms with Crippen molar-refractivity contribution in [1.29, 1.82) is 0 Å². The summed E-state index contributed by atoms with van der Waals surface area (Å²) in [6.07, 6.45) is -3.68. The molecule has 0 atom stereocenters. The van der Waals surface area contributed by atoms with E-state index in [4.69, 9.17) is 0 Å². The van der Waals surface area contributed by atoms with Crippen molar-refractivity contribution < 1.29 is 22.7 Å². The van der Waals surface area contributed by atoms with Gasteiger partial charge in [-0.05, 0) is 13.3 Å². The molecule has 0 rings (SSSR count). The molecular formula is C9H13F3O2. The molecule has 0 aromatic rings. The highest BCUT2D eigenvalue weighted by atomic mass is 19.4. The molecule has 82 valence electrons. The number of carbonyl (C=O) groups is 1. The Kier molecular flexibility index (Phi) is 5.45. The van der Waals surface area contributed by atoms with Gasteiger partial charge < -0.3 is 4.74 Å². The van der Waals surface area contributed by atoms with Crippen molar-refractivity contribution in [3.8, 4) is 0 Å². The number of ether oxygens (including phenoxy) is 1. The molecule has 0 N–H and O–H groups in total. The highest BCUT2D eigenvalue weighted by Gasteiger charge is 2.27. The number of alkyl halides is 3. The smallest absolute Gasteiger partial charge is 0.364 e. The molecule has 0 saturated carbocycles. The van der Waals surface area contributed by atoms with Crippen molar-refractivity contribution >= 4 is 5.78 Å². The zero-order valence-corrected chi connectivity index (χ0v) is 7.99. The van der Waals surface area contributed by atoms with Crippen molar-refractivity contribution in [3.63, 3.8) is 0 Å². The van der Waals surface area contributed by atoms with E-state index in [1.54, 1.807) is 6.92 Å². The molecule has 0 unspecified atom stereocenters. The van der Waals surface area contributed by atoms with Gasteiger partial charge in [0.1, 0.15) is 13.2 Å². The van der Waals surface area contributed by atoms with Crippen LogP contribution >= 0.6 is 0 Å². The lowest BCUT2D eigenvalue weighted by molar-refractivity contribution is -0.175. The Morgan fingerprint density at radius 2 is 1.93 bits per heavy atom. The van der Waals surface area contributed by atoms with Crippen LogP contribution in [-0.4, -0.2) is 25.2 Å². The molecule has 0 spiro atoms. The van der Waals surface area contributed by atoms with Crippen LogP contribution in [0.15, 0.2) is 12.2 Å². The summed E-state index contributed by atoms with van der Waals surface area (Å²) in [4.78, 5) is 10.9. The van der Waals surface area contributed by atoms with Crippen LogP contribution in [0.4, 0.5) is 13.2 Å². The van der Waals surface area contributed by atoms with Crippen LogP contribution in [0.2, 0.25) is 0 Å². The van der Waals surface area contributed by atoms with E-state index in [9.17, 15) is 18.0 Å². The molecule has 0 bridgehead atoms. The zero-order chi connectivity index (χ0) is 11.2. The Bertz CT molecular complexity index is 209. The molecule has 0 aliphatic carbocycles. The minimum atomic E-state index is -4.37. The van der Waals surface area contributed by atoms with Gasteiger partial charge in [0.25, 0.3) is 0 Å². The number of Topliss-reactive ketones (excluding diaryl/α,β-unsaturated/α-hetero) is 1. The lowest BCUT2D eigenvalue weighted by Crippen LogP contribution is -2.20. The van der Waals surface area contributed by atoms with E-state index in [0.717, 1.165) is 5.57 Å². The first kappa shape index (κ1) is 13.2. The predicted molar refractivity (Wildman–Crippen MR) is 45.9 cm³/mol. The van der Waals surface area contributed by atoms with Crippen molar-refractivity contribution in [1.82, 2.24) is 0 Å². The molecule has 0 aromatic heterocycles. The van der Waals surface area contributed by atoms with Gasteiger partial charge in [-0.15, -0.1) is 6.58 Å². The topological polar surface area (TPSA) is 26.3 Å². The van der Waals surface area contributed by atoms with Crippen molar-refractivity contribution in [2.75, 3.05) is 13.2 Å². The van der Waals surface area contributed by atoms with E-state index >= 15 is 0 Å². The second-order valence-corrected chi connectivity index (χ2v) is 3.10. The van der Waals surface area contributed by atoms with E-state index in [1.807, 2.05) is 0 Å². The minimum absolute atomic E-state index is 0.188. The van der Waals surface area contributed by atoms with Crippen LogP contribution < -0.4 is 0 Å². The van der Waals surface area contributed by atoms with Gasteiger partial charge >= 0.3 is 6.18 Å². The van der Waals surface area contributed by atoms with Crippen LogP contribution in [0.1, 0.15) is 19.8 Å². The van der Waals surface area contributed by atoms with Gasteiger partial charge in [0.15, 0.2) is 5.78 Å². The number of allylic oxidation sites excluding steroid dienone is 1. The Labute approximate surface area is 80.7 Å². The summed E-state index contributed by atoms with van der Waals surface area (Å²) >= 11 is 0. The second kappa shape index (κ2) is 5.80. The van der Waals surface area contributed by atoms with Gasteiger partial charge in [-0.3, -0.25) is 4.79 Å². The molecule has 0 aliphatic heterocycles. The third-order valence-electron chi connectivity index (χ3n) is 1.36. The van der Waals surface area contributed by atoms with Gasteiger partial charge in [0, 0.05) is 6.42 Å². The van der Waals surface area contributed by atoms with Crippen LogP contribution in [-0.2, 0) is 9.53 Å². The van der Waals surface area contributed by atoms with Gasteiger partial charge in [-0.1, -0.05) is 5.57 Å². The van der Waals surface area contributed by atoms with Crippen molar-refractivity contribution in [2.45, 2.75) is 25.9 Å². The molecule has 0 amide bonds. The third-order valence-corrected chi connectivity index (χ3v) is 1.36. The summed E-state index contributed by atoms with van der Waals surface area (Å²) in [6.45, 7) is 3.48. The van der Waals surface area contributed by atoms with E-state index in [0.29, 0.717) is 6.42 Å². The molecule has 0 fully saturated rings. The SMILES string of the molecule is C=C(C)CCC(=O)COCC(F)(F)F. The molecule has 0 radical (unpaired) electrons. The Hall–Kier alpha value is -0.840. The van der Waals surface area contributed by atoms with Gasteiger partial charge in [-0.25, -0.2) is 0 Å². The van der Waals surface area contributed by atoms with Gasteiger partial charge in [0.05, 0.1) is 0 Å². The van der Waals surface area contributed by atoms with Crippen LogP contribution in [0.25, 0.3) is 0 Å². The maximum absolute atomic E-state index is 11.6. The summed E-state index contributed by atoms with van der Waals surface area (Å²) in [7, 11) is 0. The number of rotatable bonds is 6. The molecule has 0 heterocycles. The number of hydrogen-bond donors (Lipinski definition) is 0. The van der Waals surface area contributed by atoms with E-state index in [2.05, 4.69) is 11.3 Å². The quantitative estimate of drug-likeness (QED) is 0.629. The fraction of sp³-hybridized carbons (Fsp3) is 0.667. The number of carbonyl (C=O) groups excluding carboxylic acids is 1. The minimum Gasteiger partial charge on any atom is -0.364 e. The average Bonchev–Trinajstić information content (AvgIpc) is 1.98. The summed E-state index contributed by atoms with van der Waals surface area (Å²) < 4.78 is 38.9. The molecule has 14 heavy (non-hydrogen) atoms. The van der Waals surface area contributed by atoms with E-state index in [-0.39, 0.29) is 12.2 Å². The third kappa shape index (κ3) is 9.25. The predicted octanol–water partition coefficient (Wildman–Crippen LogP) is 2.49. The fourth-order valence-electron chi connectivity index (χ4n) is 0.706. The lowest BCUT2D eigenvalue weighted by atomic mass is 10.1. The molecule has 0 aliphatic rings. The number of hydrogen-bond acceptors (Lipinski definition) is 2. The first-order valence-corrected chi connectivity index (χ1v) is 4.12. The first-order chi connectivity index (χ1) is 6.31. The number of ketones is 1. The summed E-state index contributed by atoms with van der Waals surface area (Å²) in [5, 5.41) is 0. The summed E-state index contributed by atoms with van der Waals surface area (Å²) in [5.74, 6) is -0.336. The van der Waals surface area contributed by atoms with Gasteiger partial charge in [-0.2, -0.15) is 13.2 Å². The second-order valence-electron chi connectivity index (χ2n) is 3.10. The van der Waals surface area contributed by atoms with Crippen LogP contribution in [0.5, 0.6) is 0 Å². The van der Waals surface area contributed by atoms with Crippen LogP contribution in [0.3, 0.4) is 0 Å². The van der Waals surface area contributed by atoms with Crippen LogP contribution in [0, 0.1) is 0 Å². The van der Waals surface area contributed by atoms with E-state index < -0.39 is 19.4 Å². The highest BCUT2D eigenvalue weighted by molar-refractivity contribution is 5.79. The fourth-order valence-corrected chi connectivity index (χ4v) is 0.706. The number of halogens is 3. The summed E-state index contributed by atoms with van der Waals surface area (Å²) in [6, 6.07) is 0. The van der Waals surface area contributed by atoms with Crippen molar-refractivity contribution in [2.24, 2.45) is 0 Å². The molecule has 0 aromatic carbocycles. The van der Waals surface area contributed by atoms with E-state index in [1.165, 1.54) is 0 Å². The molecule has 0 saturated heterocycles. The first-order valence-electron chi connectivity index (χ1n) is 4.12. The summed E-state index contributed by atoms with van der Waals surface area (Å²) in [5.41, 5.74) is 0.828. The Morgan fingerprint density at radius 1 is 1.36 bits per heavy atom. The Morgan fingerprint density at radius 3 is 2.36 bits per heavy atom.